The lowest BCUT2D eigenvalue weighted by atomic mass is 10.0. The molecule has 2 aliphatic carbocycles. The normalized spacial score (nSPS) is 27.9. The predicted octanol–water partition coefficient (Wildman–Crippen LogP) is 3.64. The second kappa shape index (κ2) is 13.6. The lowest BCUT2D eigenvalue weighted by Gasteiger charge is -2.30. The van der Waals surface area contributed by atoms with Crippen LogP contribution in [0.1, 0.15) is 84.6 Å². The molecule has 1 saturated heterocycles. The van der Waals surface area contributed by atoms with Crippen LogP contribution in [0.4, 0.5) is 4.79 Å². The van der Waals surface area contributed by atoms with Gasteiger partial charge in [-0.1, -0.05) is 25.0 Å². The Kier molecular flexibility index (Phi) is 9.44. The number of tetrazole rings is 1. The van der Waals surface area contributed by atoms with Gasteiger partial charge in [-0.15, -0.1) is 10.2 Å². The largest absolute Gasteiger partial charge is 0.493 e. The standard InChI is InChI=1S/C34H45N7O7/c1-33(2,3)48-32(46)35-26-10-8-6-4-5-7-9-23-18-34(23,31(44)45)36-29(42)27-17-24(19-40(27)30(26)43)41-38-28(37-39-41)22-13-15-25(16-14-22)47-20-21-11-12-21/h7,9,13-16,21,23-24,26-27H,4-6,8,10-12,17-20H2,1-3H3,(H,35,46)(H,36,42)(H,44,45)/t23-,24?,26-,27+,34+/m1/s1. The van der Waals surface area contributed by atoms with Crippen LogP contribution < -0.4 is 15.4 Å². The molecule has 1 aromatic carbocycles. The fourth-order valence-corrected chi connectivity index (χ4v) is 6.39. The zero-order valence-electron chi connectivity index (χ0n) is 27.8. The number of hydrogen-bond acceptors (Lipinski definition) is 9. The van der Waals surface area contributed by atoms with Gasteiger partial charge in [-0.3, -0.25) is 9.59 Å². The van der Waals surface area contributed by atoms with Crippen molar-refractivity contribution in [1.29, 1.82) is 0 Å². The van der Waals surface area contributed by atoms with Crippen LogP contribution in [0, 0.1) is 11.8 Å². The van der Waals surface area contributed by atoms with E-state index in [1.807, 2.05) is 36.4 Å². The second-order valence-corrected chi connectivity index (χ2v) is 14.4. The molecule has 5 atom stereocenters. The lowest BCUT2D eigenvalue weighted by Crippen LogP contribution is -2.56. The minimum atomic E-state index is -1.43. The Balaban J connectivity index is 1.24. The van der Waals surface area contributed by atoms with Crippen molar-refractivity contribution in [3.8, 4) is 17.1 Å². The Morgan fingerprint density at radius 2 is 1.88 bits per heavy atom. The van der Waals surface area contributed by atoms with Crippen LogP contribution in [-0.2, 0) is 19.1 Å². The van der Waals surface area contributed by atoms with E-state index < -0.39 is 53.1 Å². The van der Waals surface area contributed by atoms with Gasteiger partial charge in [0.1, 0.15) is 29.0 Å². The Hall–Kier alpha value is -4.49. The smallest absolute Gasteiger partial charge is 0.408 e. The maximum Gasteiger partial charge on any atom is 0.408 e. The first kappa shape index (κ1) is 33.4. The Morgan fingerprint density at radius 1 is 1.10 bits per heavy atom. The molecule has 0 bridgehead atoms. The number of nitrogens with zero attached hydrogens (tertiary/aromatic N) is 5. The molecule has 0 radical (unpaired) electrons. The first-order valence-electron chi connectivity index (χ1n) is 17.0. The van der Waals surface area contributed by atoms with E-state index in [-0.39, 0.29) is 25.3 Å². The number of aliphatic carboxylic acids is 1. The lowest BCUT2D eigenvalue weighted by molar-refractivity contribution is -0.145. The van der Waals surface area contributed by atoms with E-state index in [9.17, 15) is 24.3 Å². The van der Waals surface area contributed by atoms with E-state index in [0.29, 0.717) is 31.2 Å². The van der Waals surface area contributed by atoms with Crippen molar-refractivity contribution in [2.45, 2.75) is 108 Å². The first-order valence-corrected chi connectivity index (χ1v) is 17.0. The zero-order valence-corrected chi connectivity index (χ0v) is 27.8. The van der Waals surface area contributed by atoms with Crippen molar-refractivity contribution in [3.63, 3.8) is 0 Å². The van der Waals surface area contributed by atoms with Crippen LogP contribution in [0.2, 0.25) is 0 Å². The van der Waals surface area contributed by atoms with Crippen molar-refractivity contribution in [1.82, 2.24) is 35.7 Å². The van der Waals surface area contributed by atoms with E-state index in [1.165, 1.54) is 22.5 Å². The highest BCUT2D eigenvalue weighted by Gasteiger charge is 2.61. The summed E-state index contributed by atoms with van der Waals surface area (Å²) in [6.45, 7) is 5.99. The number of ether oxygens (including phenoxy) is 2. The number of benzene rings is 1. The van der Waals surface area contributed by atoms with E-state index in [2.05, 4.69) is 26.0 Å². The molecule has 14 nitrogen and oxygen atoms in total. The molecule has 1 unspecified atom stereocenters. The summed E-state index contributed by atoms with van der Waals surface area (Å²) in [5.41, 5.74) is -1.46. The van der Waals surface area contributed by atoms with Gasteiger partial charge in [0.25, 0.3) is 0 Å². The van der Waals surface area contributed by atoms with Crippen LogP contribution in [0.25, 0.3) is 11.4 Å². The van der Waals surface area contributed by atoms with Gasteiger partial charge in [0.05, 0.1) is 12.6 Å². The molecule has 3 heterocycles. The number of carboxylic acids is 1. The fourth-order valence-electron chi connectivity index (χ4n) is 6.39. The van der Waals surface area contributed by atoms with Crippen LogP contribution in [-0.4, -0.2) is 90.5 Å². The van der Waals surface area contributed by atoms with Crippen molar-refractivity contribution in [3.05, 3.63) is 36.4 Å². The van der Waals surface area contributed by atoms with Gasteiger partial charge in [-0.05, 0) is 94.7 Å². The highest BCUT2D eigenvalue weighted by molar-refractivity contribution is 5.96. The number of nitrogens with one attached hydrogen (secondary N) is 2. The fraction of sp³-hybridized carbons (Fsp3) is 0.618. The Labute approximate surface area is 279 Å². The van der Waals surface area contributed by atoms with Crippen LogP contribution in [0.5, 0.6) is 5.75 Å². The molecule has 2 aromatic rings. The van der Waals surface area contributed by atoms with Gasteiger partial charge in [-0.25, -0.2) is 9.59 Å². The second-order valence-electron chi connectivity index (χ2n) is 14.4. The third-order valence-electron chi connectivity index (χ3n) is 9.38. The summed E-state index contributed by atoms with van der Waals surface area (Å²) in [5.74, 6) is -0.681. The summed E-state index contributed by atoms with van der Waals surface area (Å²) in [4.78, 5) is 56.2. The third-order valence-corrected chi connectivity index (χ3v) is 9.38. The molecule has 3 fully saturated rings. The first-order chi connectivity index (χ1) is 22.9. The number of carbonyl (C=O) groups excluding carboxylic acids is 3. The summed E-state index contributed by atoms with van der Waals surface area (Å²) in [6.07, 6.45) is 9.34. The van der Waals surface area contributed by atoms with Gasteiger partial charge < -0.3 is 30.1 Å². The number of alkyl carbamates (subject to hydrolysis) is 1. The zero-order chi connectivity index (χ0) is 34.1. The molecular weight excluding hydrogens is 618 g/mol. The molecule has 48 heavy (non-hydrogen) atoms. The predicted molar refractivity (Wildman–Crippen MR) is 173 cm³/mol. The number of fused-ring (bicyclic) bond motifs is 2. The minimum absolute atomic E-state index is 0.0660. The van der Waals surface area contributed by atoms with Crippen LogP contribution >= 0.6 is 0 Å². The number of rotatable bonds is 7. The molecule has 3 amide bonds. The number of hydrogen-bond donors (Lipinski definition) is 3. The van der Waals surface area contributed by atoms with Crippen LogP contribution in [0.3, 0.4) is 0 Å². The molecule has 0 spiro atoms. The number of carboxylic acid groups (broad SMARTS) is 1. The van der Waals surface area contributed by atoms with Gasteiger partial charge >= 0.3 is 12.1 Å². The highest BCUT2D eigenvalue weighted by atomic mass is 16.6. The molecule has 1 aromatic heterocycles. The Morgan fingerprint density at radius 3 is 2.58 bits per heavy atom. The highest BCUT2D eigenvalue weighted by Crippen LogP contribution is 2.45. The topological polar surface area (TPSA) is 178 Å². The SMILES string of the molecule is CC(C)(C)OC(=O)N[C@@H]1CCCCCC=C[C@@H]2C[C@]2(C(=O)O)NC(=O)[C@@H]2CC(n3nnc(-c4ccc(OCC5CC5)cc4)n3)CN2C1=O. The third kappa shape index (κ3) is 7.79. The molecule has 14 heteroatoms. The van der Waals surface area contributed by atoms with E-state index in [0.717, 1.165) is 30.6 Å². The van der Waals surface area contributed by atoms with Gasteiger partial charge in [0, 0.05) is 24.4 Å². The molecular formula is C34H45N7O7. The average Bonchev–Trinajstić information content (AvgIpc) is 3.87. The molecule has 2 aliphatic heterocycles. The number of aromatic nitrogens is 4. The molecule has 6 rings (SSSR count). The summed E-state index contributed by atoms with van der Waals surface area (Å²) < 4.78 is 11.3. The summed E-state index contributed by atoms with van der Waals surface area (Å²) >= 11 is 0. The summed E-state index contributed by atoms with van der Waals surface area (Å²) in [7, 11) is 0. The van der Waals surface area contributed by atoms with E-state index in [1.54, 1.807) is 20.8 Å². The van der Waals surface area contributed by atoms with Gasteiger partial charge in [0.2, 0.25) is 17.6 Å². The van der Waals surface area contributed by atoms with Gasteiger partial charge in [0.15, 0.2) is 0 Å². The van der Waals surface area contributed by atoms with E-state index >= 15 is 0 Å². The van der Waals surface area contributed by atoms with Crippen molar-refractivity contribution in [2.75, 3.05) is 13.2 Å². The van der Waals surface area contributed by atoms with Crippen molar-refractivity contribution < 1.29 is 33.8 Å². The number of amides is 3. The van der Waals surface area contributed by atoms with Crippen LogP contribution in [0.15, 0.2) is 36.4 Å². The molecule has 4 aliphatic rings. The Bertz CT molecular complexity index is 1550. The van der Waals surface area contributed by atoms with Crippen molar-refractivity contribution in [2.24, 2.45) is 11.8 Å². The minimum Gasteiger partial charge on any atom is -0.493 e. The molecule has 2 saturated carbocycles. The molecule has 258 valence electrons. The van der Waals surface area contributed by atoms with Crippen molar-refractivity contribution >= 4 is 23.9 Å². The average molecular weight is 664 g/mol. The number of allylic oxidation sites excluding steroid dienone is 1. The summed E-state index contributed by atoms with van der Waals surface area (Å²) in [6, 6.07) is 4.96. The quantitative estimate of drug-likeness (QED) is 0.371. The monoisotopic (exact) mass is 663 g/mol. The number of carbonyl (C=O) groups is 4. The van der Waals surface area contributed by atoms with Gasteiger partial charge in [-0.2, -0.15) is 4.80 Å². The van der Waals surface area contributed by atoms with E-state index in [4.69, 9.17) is 9.47 Å². The maximum atomic E-state index is 14.2. The molecule has 3 N–H and O–H groups in total. The maximum absolute atomic E-state index is 14.2. The summed E-state index contributed by atoms with van der Waals surface area (Å²) in [5, 5.41) is 28.7.